The monoisotopic (exact) mass is 295 g/mol. The highest BCUT2D eigenvalue weighted by Gasteiger charge is 2.00. The molecule has 0 heterocycles. The van der Waals surface area contributed by atoms with E-state index in [2.05, 4.69) is 19.2 Å². The third-order valence-electron chi connectivity index (χ3n) is 2.93. The van der Waals surface area contributed by atoms with Gasteiger partial charge >= 0.3 is 0 Å². The predicted octanol–water partition coefficient (Wildman–Crippen LogP) is 4.37. The van der Waals surface area contributed by atoms with Crippen LogP contribution in [0.4, 0.5) is 5.69 Å². The van der Waals surface area contributed by atoms with Crippen molar-refractivity contribution in [2.24, 2.45) is 5.92 Å². The predicted molar refractivity (Wildman–Crippen MR) is 90.9 cm³/mol. The maximum atomic E-state index is 11.9. The number of rotatable bonds is 6. The van der Waals surface area contributed by atoms with Gasteiger partial charge in [0.05, 0.1) is 6.61 Å². The van der Waals surface area contributed by atoms with E-state index in [0.29, 0.717) is 12.5 Å². The summed E-state index contributed by atoms with van der Waals surface area (Å²) in [4.78, 5) is 11.9. The van der Waals surface area contributed by atoms with Crippen molar-refractivity contribution in [2.45, 2.75) is 13.8 Å². The number of ether oxygens (including phenoxy) is 1. The van der Waals surface area contributed by atoms with Crippen molar-refractivity contribution in [3.05, 3.63) is 66.2 Å². The van der Waals surface area contributed by atoms with E-state index in [1.165, 1.54) is 6.08 Å². The molecule has 1 amide bonds. The first-order chi connectivity index (χ1) is 10.6. The summed E-state index contributed by atoms with van der Waals surface area (Å²) in [5.41, 5.74) is 1.75. The van der Waals surface area contributed by atoms with Crippen LogP contribution in [0.1, 0.15) is 19.4 Å². The summed E-state index contributed by atoms with van der Waals surface area (Å²) in [6, 6.07) is 17.1. The zero-order chi connectivity index (χ0) is 15.8. The summed E-state index contributed by atoms with van der Waals surface area (Å²) in [7, 11) is 0. The van der Waals surface area contributed by atoms with Crippen LogP contribution in [0.25, 0.3) is 6.08 Å². The molecule has 0 fully saturated rings. The molecule has 22 heavy (non-hydrogen) atoms. The Morgan fingerprint density at radius 2 is 1.77 bits per heavy atom. The van der Waals surface area contributed by atoms with Gasteiger partial charge in [-0.25, -0.2) is 0 Å². The second-order valence-electron chi connectivity index (χ2n) is 5.46. The molecule has 3 nitrogen and oxygen atoms in total. The molecule has 0 saturated carbocycles. The first-order valence-corrected chi connectivity index (χ1v) is 7.40. The van der Waals surface area contributed by atoms with Crippen LogP contribution < -0.4 is 10.1 Å². The van der Waals surface area contributed by atoms with E-state index >= 15 is 0 Å². The topological polar surface area (TPSA) is 38.3 Å². The van der Waals surface area contributed by atoms with Crippen LogP contribution in [0.5, 0.6) is 5.75 Å². The summed E-state index contributed by atoms with van der Waals surface area (Å²) >= 11 is 0. The molecule has 2 aromatic carbocycles. The van der Waals surface area contributed by atoms with Gasteiger partial charge in [0.2, 0.25) is 5.91 Å². The Bertz CT molecular complexity index is 616. The highest BCUT2D eigenvalue weighted by atomic mass is 16.5. The molecule has 0 aliphatic heterocycles. The SMILES string of the molecule is CC(C)COc1ccc(NC(=O)C=Cc2ccccc2)cc1. The van der Waals surface area contributed by atoms with E-state index in [0.717, 1.165) is 17.0 Å². The van der Waals surface area contributed by atoms with Gasteiger partial charge in [-0.15, -0.1) is 0 Å². The first kappa shape index (κ1) is 15.8. The lowest BCUT2D eigenvalue weighted by atomic mass is 10.2. The molecule has 2 rings (SSSR count). The quantitative estimate of drug-likeness (QED) is 0.803. The van der Waals surface area contributed by atoms with Crippen LogP contribution >= 0.6 is 0 Å². The molecule has 0 atom stereocenters. The van der Waals surface area contributed by atoms with Gasteiger partial charge < -0.3 is 10.1 Å². The Morgan fingerprint density at radius 1 is 1.09 bits per heavy atom. The zero-order valence-corrected chi connectivity index (χ0v) is 13.0. The maximum absolute atomic E-state index is 11.9. The van der Waals surface area contributed by atoms with Crippen LogP contribution in [-0.2, 0) is 4.79 Å². The Hall–Kier alpha value is -2.55. The fraction of sp³-hybridized carbons (Fsp3) is 0.211. The fourth-order valence-electron chi connectivity index (χ4n) is 1.82. The van der Waals surface area contributed by atoms with E-state index in [4.69, 9.17) is 4.74 Å². The Morgan fingerprint density at radius 3 is 2.41 bits per heavy atom. The molecule has 1 N–H and O–H groups in total. The molecule has 0 saturated heterocycles. The van der Waals surface area contributed by atoms with E-state index in [9.17, 15) is 4.79 Å². The normalized spacial score (nSPS) is 10.9. The lowest BCUT2D eigenvalue weighted by Gasteiger charge is -2.09. The highest BCUT2D eigenvalue weighted by Crippen LogP contribution is 2.16. The van der Waals surface area contributed by atoms with Crippen LogP contribution in [0.15, 0.2) is 60.7 Å². The Balaban J connectivity index is 1.87. The second kappa shape index (κ2) is 8.03. The van der Waals surface area contributed by atoms with E-state index < -0.39 is 0 Å². The number of nitrogens with one attached hydrogen (secondary N) is 1. The number of anilines is 1. The van der Waals surface area contributed by atoms with Crippen LogP contribution in [0.2, 0.25) is 0 Å². The minimum absolute atomic E-state index is 0.153. The van der Waals surface area contributed by atoms with Crippen molar-refractivity contribution >= 4 is 17.7 Å². The third-order valence-corrected chi connectivity index (χ3v) is 2.93. The molecule has 0 radical (unpaired) electrons. The molecule has 0 aromatic heterocycles. The molecule has 3 heteroatoms. The summed E-state index contributed by atoms with van der Waals surface area (Å²) in [6.45, 7) is 4.90. The summed E-state index contributed by atoms with van der Waals surface area (Å²) in [6.07, 6.45) is 3.31. The molecule has 114 valence electrons. The molecule has 0 unspecified atom stereocenters. The van der Waals surface area contributed by atoms with Gasteiger partial charge in [-0.2, -0.15) is 0 Å². The molecule has 0 aliphatic carbocycles. The van der Waals surface area contributed by atoms with Gasteiger partial charge in [-0.1, -0.05) is 44.2 Å². The third kappa shape index (κ3) is 5.44. The minimum Gasteiger partial charge on any atom is -0.493 e. The maximum Gasteiger partial charge on any atom is 0.248 e. The average Bonchev–Trinajstić information content (AvgIpc) is 2.53. The second-order valence-corrected chi connectivity index (χ2v) is 5.46. The van der Waals surface area contributed by atoms with Gasteiger partial charge in [0, 0.05) is 11.8 Å². The van der Waals surface area contributed by atoms with Crippen molar-refractivity contribution in [3.8, 4) is 5.75 Å². The molecular formula is C19H21NO2. The van der Waals surface area contributed by atoms with Crippen molar-refractivity contribution in [1.29, 1.82) is 0 Å². The van der Waals surface area contributed by atoms with Crippen LogP contribution in [-0.4, -0.2) is 12.5 Å². The van der Waals surface area contributed by atoms with Crippen molar-refractivity contribution in [3.63, 3.8) is 0 Å². The molecular weight excluding hydrogens is 274 g/mol. The molecule has 0 aliphatic rings. The highest BCUT2D eigenvalue weighted by molar-refractivity contribution is 6.01. The van der Waals surface area contributed by atoms with E-state index in [1.807, 2.05) is 54.6 Å². The standard InChI is InChI=1S/C19H21NO2/c1-15(2)14-22-18-11-9-17(10-12-18)20-19(21)13-8-16-6-4-3-5-7-16/h3-13,15H,14H2,1-2H3,(H,20,21). The molecule has 0 spiro atoms. The number of carbonyl (C=O) groups is 1. The zero-order valence-electron chi connectivity index (χ0n) is 13.0. The summed E-state index contributed by atoms with van der Waals surface area (Å²) < 4.78 is 5.61. The van der Waals surface area contributed by atoms with Gasteiger partial charge in [0.25, 0.3) is 0 Å². The van der Waals surface area contributed by atoms with E-state index in [1.54, 1.807) is 6.08 Å². The number of benzene rings is 2. The lowest BCUT2D eigenvalue weighted by molar-refractivity contribution is -0.111. The van der Waals surface area contributed by atoms with Crippen LogP contribution in [0, 0.1) is 5.92 Å². The van der Waals surface area contributed by atoms with Gasteiger partial charge in [-0.3, -0.25) is 4.79 Å². The fourth-order valence-corrected chi connectivity index (χ4v) is 1.82. The minimum atomic E-state index is -0.153. The number of amides is 1. The Kier molecular flexibility index (Phi) is 5.78. The lowest BCUT2D eigenvalue weighted by Crippen LogP contribution is -2.08. The van der Waals surface area contributed by atoms with Crippen molar-refractivity contribution in [2.75, 3.05) is 11.9 Å². The first-order valence-electron chi connectivity index (χ1n) is 7.40. The van der Waals surface area contributed by atoms with Gasteiger partial charge in [-0.05, 0) is 41.8 Å². The summed E-state index contributed by atoms with van der Waals surface area (Å²) in [5, 5.41) is 2.82. The smallest absolute Gasteiger partial charge is 0.248 e. The number of hydrogen-bond acceptors (Lipinski definition) is 2. The van der Waals surface area contributed by atoms with E-state index in [-0.39, 0.29) is 5.91 Å². The number of carbonyl (C=O) groups excluding carboxylic acids is 1. The molecule has 2 aromatic rings. The van der Waals surface area contributed by atoms with Crippen molar-refractivity contribution in [1.82, 2.24) is 0 Å². The van der Waals surface area contributed by atoms with Crippen molar-refractivity contribution < 1.29 is 9.53 Å². The van der Waals surface area contributed by atoms with Gasteiger partial charge in [0.1, 0.15) is 5.75 Å². The average molecular weight is 295 g/mol. The van der Waals surface area contributed by atoms with Crippen LogP contribution in [0.3, 0.4) is 0 Å². The molecule has 0 bridgehead atoms. The Labute approximate surface area is 131 Å². The van der Waals surface area contributed by atoms with Gasteiger partial charge in [0.15, 0.2) is 0 Å². The summed E-state index contributed by atoms with van der Waals surface area (Å²) in [5.74, 6) is 1.15. The number of hydrogen-bond donors (Lipinski definition) is 1. The largest absolute Gasteiger partial charge is 0.493 e.